The fourth-order valence-electron chi connectivity index (χ4n) is 0.232. The lowest BCUT2D eigenvalue weighted by Gasteiger charge is -1.87. The van der Waals surface area contributed by atoms with Crippen LogP contribution in [0.4, 0.5) is 0 Å². The van der Waals surface area contributed by atoms with Crippen LogP contribution in [0.2, 0.25) is 0 Å². The first-order valence-electron chi connectivity index (χ1n) is 2.55. The molecule has 0 aromatic rings. The van der Waals surface area contributed by atoms with E-state index in [1.807, 2.05) is 0 Å². The normalized spacial score (nSPS) is 7.60. The van der Waals surface area contributed by atoms with E-state index in [-0.39, 0.29) is 0 Å². The molecule has 0 amide bonds. The van der Waals surface area contributed by atoms with Crippen molar-refractivity contribution in [1.82, 2.24) is 0 Å². The van der Waals surface area contributed by atoms with Gasteiger partial charge in [0.15, 0.2) is 0 Å². The van der Waals surface area contributed by atoms with Crippen molar-refractivity contribution in [2.75, 3.05) is 11.5 Å². The van der Waals surface area contributed by atoms with Gasteiger partial charge in [-0.3, -0.25) is 0 Å². The van der Waals surface area contributed by atoms with Gasteiger partial charge >= 0.3 is 0 Å². The molecule has 0 saturated carbocycles. The third-order valence-electron chi connectivity index (χ3n) is 0.553. The van der Waals surface area contributed by atoms with Crippen LogP contribution in [0.1, 0.15) is 0 Å². The van der Waals surface area contributed by atoms with Gasteiger partial charge in [0.25, 0.3) is 0 Å². The highest BCUT2D eigenvalue weighted by Gasteiger charge is 1.82. The molecule has 4 heteroatoms. The van der Waals surface area contributed by atoms with E-state index in [4.69, 9.17) is 0 Å². The Balaban J connectivity index is 3.04. The quantitative estimate of drug-likeness (QED) is 0.355. The molecule has 0 unspecified atom stereocenters. The molecule has 0 saturated heterocycles. The van der Waals surface area contributed by atoms with E-state index in [1.165, 1.54) is 33.7 Å². The average Bonchev–Trinajstić information content (AvgIpc) is 1.97. The molecule has 0 N–H and O–H groups in total. The molecule has 2 nitrogen and oxygen atoms in total. The summed E-state index contributed by atoms with van der Waals surface area (Å²) in [4.78, 5) is 19.2. The third-order valence-corrected chi connectivity index (χ3v) is 2.64. The smallest absolute Gasteiger partial charge is 0.120 e. The Morgan fingerprint density at radius 1 is 1.00 bits per heavy atom. The zero-order chi connectivity index (χ0) is 7.66. The SMILES string of the molecule is O=C=CCSSCC=C=O. The zero-order valence-electron chi connectivity index (χ0n) is 5.20. The minimum Gasteiger partial charge on any atom is -0.234 e. The Morgan fingerprint density at radius 2 is 1.40 bits per heavy atom. The fourth-order valence-corrected chi connectivity index (χ4v) is 1.68. The van der Waals surface area contributed by atoms with Crippen LogP contribution in [-0.4, -0.2) is 23.4 Å². The second-order valence-corrected chi connectivity index (χ2v) is 3.77. The molecule has 54 valence electrons. The Hall–Kier alpha value is -0.400. The zero-order valence-corrected chi connectivity index (χ0v) is 6.83. The van der Waals surface area contributed by atoms with E-state index in [2.05, 4.69) is 0 Å². The molecule has 0 aliphatic heterocycles. The Kier molecular flexibility index (Phi) is 8.26. The van der Waals surface area contributed by atoms with Crippen LogP contribution in [0.25, 0.3) is 0 Å². The van der Waals surface area contributed by atoms with E-state index in [0.29, 0.717) is 11.5 Å². The summed E-state index contributed by atoms with van der Waals surface area (Å²) in [5.74, 6) is 4.60. The van der Waals surface area contributed by atoms with Crippen LogP contribution in [0, 0.1) is 0 Å². The monoisotopic (exact) mass is 174 g/mol. The van der Waals surface area contributed by atoms with Crippen molar-refractivity contribution in [3.05, 3.63) is 12.2 Å². The largest absolute Gasteiger partial charge is 0.234 e. The van der Waals surface area contributed by atoms with E-state index >= 15 is 0 Å². The van der Waals surface area contributed by atoms with Crippen LogP contribution in [0.15, 0.2) is 12.2 Å². The van der Waals surface area contributed by atoms with Gasteiger partial charge in [-0.15, -0.1) is 0 Å². The molecule has 0 aliphatic rings. The van der Waals surface area contributed by atoms with Gasteiger partial charge in [-0.1, -0.05) is 21.6 Å². The second-order valence-electron chi connectivity index (χ2n) is 1.21. The molecule has 0 fully saturated rings. The Morgan fingerprint density at radius 3 is 1.70 bits per heavy atom. The summed E-state index contributed by atoms with van der Waals surface area (Å²) in [7, 11) is 3.01. The minimum atomic E-state index is 0.640. The average molecular weight is 174 g/mol. The highest BCUT2D eigenvalue weighted by atomic mass is 33.1. The summed E-state index contributed by atoms with van der Waals surface area (Å²) >= 11 is 0. The van der Waals surface area contributed by atoms with Crippen LogP contribution >= 0.6 is 21.6 Å². The Bertz CT molecular complexity index is 147. The van der Waals surface area contributed by atoms with Crippen LogP contribution in [0.5, 0.6) is 0 Å². The lowest BCUT2D eigenvalue weighted by atomic mass is 10.8. The molecule has 0 aromatic heterocycles. The van der Waals surface area contributed by atoms with Crippen LogP contribution in [0.3, 0.4) is 0 Å². The molecule has 0 aromatic carbocycles. The lowest BCUT2D eigenvalue weighted by molar-refractivity contribution is 0.568. The maximum absolute atomic E-state index is 9.62. The summed E-state index contributed by atoms with van der Waals surface area (Å²) in [6.07, 6.45) is 2.81. The van der Waals surface area contributed by atoms with E-state index < -0.39 is 0 Å². The van der Waals surface area contributed by atoms with E-state index in [9.17, 15) is 9.59 Å². The molecule has 0 spiro atoms. The number of rotatable bonds is 5. The molecular weight excluding hydrogens is 168 g/mol. The van der Waals surface area contributed by atoms with Crippen molar-refractivity contribution in [2.24, 2.45) is 0 Å². The number of hydrogen-bond donors (Lipinski definition) is 0. The van der Waals surface area contributed by atoms with E-state index in [1.54, 1.807) is 11.9 Å². The van der Waals surface area contributed by atoms with Crippen molar-refractivity contribution in [3.63, 3.8) is 0 Å². The highest BCUT2D eigenvalue weighted by molar-refractivity contribution is 8.76. The van der Waals surface area contributed by atoms with Gasteiger partial charge in [-0.2, -0.15) is 0 Å². The minimum absolute atomic E-state index is 0.640. The molecular formula is C6H6O2S2. The maximum Gasteiger partial charge on any atom is 0.120 e. The Labute approximate surface area is 67.2 Å². The van der Waals surface area contributed by atoms with Gasteiger partial charge in [0.2, 0.25) is 0 Å². The fraction of sp³-hybridized carbons (Fsp3) is 0.333. The first-order chi connectivity index (χ1) is 4.91. The first-order valence-corrected chi connectivity index (χ1v) is 5.03. The van der Waals surface area contributed by atoms with Gasteiger partial charge in [0, 0.05) is 23.7 Å². The molecule has 0 aliphatic carbocycles. The molecule has 0 bridgehead atoms. The summed E-state index contributed by atoms with van der Waals surface area (Å²) in [6, 6.07) is 0. The molecule has 0 heterocycles. The number of hydrogen-bond acceptors (Lipinski definition) is 4. The van der Waals surface area contributed by atoms with Crippen LogP contribution < -0.4 is 0 Å². The second kappa shape index (κ2) is 8.60. The van der Waals surface area contributed by atoms with Gasteiger partial charge in [0.1, 0.15) is 11.9 Å². The van der Waals surface area contributed by atoms with Gasteiger partial charge in [0.05, 0.1) is 0 Å². The van der Waals surface area contributed by atoms with Gasteiger partial charge < -0.3 is 0 Å². The van der Waals surface area contributed by atoms with Crippen molar-refractivity contribution in [1.29, 1.82) is 0 Å². The summed E-state index contributed by atoms with van der Waals surface area (Å²) in [6.45, 7) is 0. The topological polar surface area (TPSA) is 34.1 Å². The summed E-state index contributed by atoms with van der Waals surface area (Å²) in [5, 5.41) is 0. The van der Waals surface area contributed by atoms with Crippen molar-refractivity contribution < 1.29 is 9.59 Å². The molecule has 10 heavy (non-hydrogen) atoms. The third kappa shape index (κ3) is 7.60. The van der Waals surface area contributed by atoms with Crippen molar-refractivity contribution >= 4 is 33.5 Å². The lowest BCUT2D eigenvalue weighted by Crippen LogP contribution is -1.68. The van der Waals surface area contributed by atoms with Gasteiger partial charge in [-0.05, 0) is 0 Å². The summed E-state index contributed by atoms with van der Waals surface area (Å²) < 4.78 is 0. The predicted octanol–water partition coefficient (Wildman–Crippen LogP) is 1.14. The maximum atomic E-state index is 9.62. The summed E-state index contributed by atoms with van der Waals surface area (Å²) in [5.41, 5.74) is 0. The van der Waals surface area contributed by atoms with Crippen LogP contribution in [-0.2, 0) is 9.59 Å². The highest BCUT2D eigenvalue weighted by Crippen LogP contribution is 2.19. The van der Waals surface area contributed by atoms with Gasteiger partial charge in [-0.25, -0.2) is 9.59 Å². The first kappa shape index (κ1) is 9.60. The standard InChI is InChI=1S/C6H6O2S2/c7-3-1-5-9-10-6-2-4-8/h1-2H,5-6H2. The van der Waals surface area contributed by atoms with Crippen molar-refractivity contribution in [2.45, 2.75) is 0 Å². The molecule has 0 atom stereocenters. The number of carbonyl (C=O) groups excluding carboxylic acids is 2. The predicted molar refractivity (Wildman–Crippen MR) is 45.4 cm³/mol. The molecule has 0 radical (unpaired) electrons. The molecule has 0 rings (SSSR count). The van der Waals surface area contributed by atoms with Crippen molar-refractivity contribution in [3.8, 4) is 0 Å². The van der Waals surface area contributed by atoms with E-state index in [0.717, 1.165) is 0 Å².